The van der Waals surface area contributed by atoms with Crippen LogP contribution in [0.4, 0.5) is 0 Å². The van der Waals surface area contributed by atoms with Crippen molar-refractivity contribution in [1.29, 1.82) is 0 Å². The molecule has 1 nitrogen and oxygen atoms in total. The van der Waals surface area contributed by atoms with E-state index >= 15 is 0 Å². The summed E-state index contributed by atoms with van der Waals surface area (Å²) in [6, 6.07) is 10.2. The normalized spacial score (nSPS) is 11.4. The first-order chi connectivity index (χ1) is 7.06. The Hall–Kier alpha value is -1.11. The van der Waals surface area contributed by atoms with Crippen molar-refractivity contribution in [2.24, 2.45) is 5.41 Å². The standard InChI is InChI=1S/C14H20O/c1-4-14(2,3)13(15)11-10-12-8-6-5-7-9-12/h5-9H,4,10-11H2,1-3H3. The highest BCUT2D eigenvalue weighted by Gasteiger charge is 2.24. The van der Waals surface area contributed by atoms with Crippen molar-refractivity contribution < 1.29 is 4.79 Å². The van der Waals surface area contributed by atoms with E-state index in [1.807, 2.05) is 32.0 Å². The van der Waals surface area contributed by atoms with E-state index in [0.717, 1.165) is 12.8 Å². The van der Waals surface area contributed by atoms with Crippen molar-refractivity contribution in [3.63, 3.8) is 0 Å². The molecule has 82 valence electrons. The molecule has 0 spiro atoms. The van der Waals surface area contributed by atoms with Crippen LogP contribution in [0.25, 0.3) is 0 Å². The second-order valence-corrected chi connectivity index (χ2v) is 4.65. The van der Waals surface area contributed by atoms with E-state index in [2.05, 4.69) is 19.1 Å². The van der Waals surface area contributed by atoms with E-state index in [0.29, 0.717) is 12.2 Å². The van der Waals surface area contributed by atoms with Gasteiger partial charge in [-0.3, -0.25) is 4.79 Å². The minimum atomic E-state index is -0.158. The zero-order valence-electron chi connectivity index (χ0n) is 9.92. The predicted octanol–water partition coefficient (Wildman–Crippen LogP) is 3.62. The quantitative estimate of drug-likeness (QED) is 0.716. The molecule has 1 aromatic carbocycles. The van der Waals surface area contributed by atoms with Crippen molar-refractivity contribution >= 4 is 5.78 Å². The fourth-order valence-electron chi connectivity index (χ4n) is 1.44. The highest BCUT2D eigenvalue weighted by Crippen LogP contribution is 2.23. The van der Waals surface area contributed by atoms with Gasteiger partial charge in [0.1, 0.15) is 5.78 Å². The molecule has 0 fully saturated rings. The van der Waals surface area contributed by atoms with Gasteiger partial charge >= 0.3 is 0 Å². The highest BCUT2D eigenvalue weighted by molar-refractivity contribution is 5.84. The third-order valence-electron chi connectivity index (χ3n) is 3.12. The second-order valence-electron chi connectivity index (χ2n) is 4.65. The predicted molar refractivity (Wildman–Crippen MR) is 63.8 cm³/mol. The molecule has 0 aliphatic rings. The maximum atomic E-state index is 11.9. The third-order valence-corrected chi connectivity index (χ3v) is 3.12. The second kappa shape index (κ2) is 5.11. The van der Waals surface area contributed by atoms with Gasteiger partial charge in [0.05, 0.1) is 0 Å². The summed E-state index contributed by atoms with van der Waals surface area (Å²) in [6.45, 7) is 6.13. The molecule has 0 aliphatic carbocycles. The Labute approximate surface area is 92.5 Å². The van der Waals surface area contributed by atoms with Crippen molar-refractivity contribution in [3.8, 4) is 0 Å². The number of carbonyl (C=O) groups excluding carboxylic acids is 1. The van der Waals surface area contributed by atoms with Crippen LogP contribution in [0, 0.1) is 5.41 Å². The molecule has 0 amide bonds. The lowest BCUT2D eigenvalue weighted by Gasteiger charge is -2.20. The average molecular weight is 204 g/mol. The van der Waals surface area contributed by atoms with Crippen LogP contribution in [0.3, 0.4) is 0 Å². The number of hydrogen-bond donors (Lipinski definition) is 0. The van der Waals surface area contributed by atoms with Gasteiger partial charge in [-0.25, -0.2) is 0 Å². The number of rotatable bonds is 5. The van der Waals surface area contributed by atoms with Gasteiger partial charge in [-0.05, 0) is 18.4 Å². The largest absolute Gasteiger partial charge is 0.299 e. The Kier molecular flexibility index (Phi) is 4.07. The fraction of sp³-hybridized carbons (Fsp3) is 0.500. The van der Waals surface area contributed by atoms with Crippen molar-refractivity contribution in [3.05, 3.63) is 35.9 Å². The SMILES string of the molecule is CCC(C)(C)C(=O)CCc1ccccc1. The number of Topliss-reactive ketones (excluding diaryl/α,β-unsaturated/α-hetero) is 1. The van der Waals surface area contributed by atoms with Gasteiger partial charge in [0.15, 0.2) is 0 Å². The van der Waals surface area contributed by atoms with E-state index in [1.54, 1.807) is 0 Å². The maximum Gasteiger partial charge on any atom is 0.138 e. The molecule has 15 heavy (non-hydrogen) atoms. The molecule has 1 aromatic rings. The van der Waals surface area contributed by atoms with Crippen LogP contribution in [0.1, 0.15) is 39.2 Å². The summed E-state index contributed by atoms with van der Waals surface area (Å²) in [5, 5.41) is 0. The Balaban J connectivity index is 2.48. The highest BCUT2D eigenvalue weighted by atomic mass is 16.1. The minimum Gasteiger partial charge on any atom is -0.299 e. The minimum absolute atomic E-state index is 0.158. The van der Waals surface area contributed by atoms with Gasteiger partial charge in [0.2, 0.25) is 0 Å². The third kappa shape index (κ3) is 3.50. The van der Waals surface area contributed by atoms with Gasteiger partial charge in [-0.1, -0.05) is 51.1 Å². The number of carbonyl (C=O) groups is 1. The van der Waals surface area contributed by atoms with Gasteiger partial charge in [0, 0.05) is 11.8 Å². The summed E-state index contributed by atoms with van der Waals surface area (Å²) < 4.78 is 0. The van der Waals surface area contributed by atoms with Crippen LogP contribution in [-0.2, 0) is 11.2 Å². The Morgan fingerprint density at radius 2 is 1.80 bits per heavy atom. The molecule has 0 N–H and O–H groups in total. The Morgan fingerprint density at radius 3 is 2.33 bits per heavy atom. The van der Waals surface area contributed by atoms with Gasteiger partial charge in [-0.15, -0.1) is 0 Å². The molecular formula is C14H20O. The lowest BCUT2D eigenvalue weighted by molar-refractivity contribution is -0.127. The first-order valence-corrected chi connectivity index (χ1v) is 5.63. The van der Waals surface area contributed by atoms with E-state index in [4.69, 9.17) is 0 Å². The fourth-order valence-corrected chi connectivity index (χ4v) is 1.44. The molecule has 0 bridgehead atoms. The van der Waals surface area contributed by atoms with E-state index in [1.165, 1.54) is 5.56 Å². The molecule has 0 aliphatic heterocycles. The molecule has 0 atom stereocenters. The zero-order chi connectivity index (χ0) is 11.3. The first-order valence-electron chi connectivity index (χ1n) is 5.63. The Morgan fingerprint density at radius 1 is 1.20 bits per heavy atom. The van der Waals surface area contributed by atoms with Gasteiger partial charge < -0.3 is 0 Å². The number of hydrogen-bond acceptors (Lipinski definition) is 1. The Bertz CT molecular complexity index is 311. The summed E-state index contributed by atoms with van der Waals surface area (Å²) in [5.74, 6) is 0.369. The molecule has 0 saturated carbocycles. The van der Waals surface area contributed by atoms with E-state index in [9.17, 15) is 4.79 Å². The first kappa shape index (κ1) is 12.0. The van der Waals surface area contributed by atoms with Crippen molar-refractivity contribution in [1.82, 2.24) is 0 Å². The van der Waals surface area contributed by atoms with Gasteiger partial charge in [-0.2, -0.15) is 0 Å². The molecule has 1 heteroatoms. The number of benzene rings is 1. The van der Waals surface area contributed by atoms with Crippen LogP contribution in [-0.4, -0.2) is 5.78 Å². The summed E-state index contributed by atoms with van der Waals surface area (Å²) >= 11 is 0. The molecule has 0 aromatic heterocycles. The van der Waals surface area contributed by atoms with Crippen LogP contribution in [0.5, 0.6) is 0 Å². The molecule has 1 rings (SSSR count). The monoisotopic (exact) mass is 204 g/mol. The summed E-state index contributed by atoms with van der Waals surface area (Å²) in [5.41, 5.74) is 1.09. The van der Waals surface area contributed by atoms with Crippen LogP contribution in [0.15, 0.2) is 30.3 Å². The molecule has 0 saturated heterocycles. The molecular weight excluding hydrogens is 184 g/mol. The van der Waals surface area contributed by atoms with Crippen molar-refractivity contribution in [2.45, 2.75) is 40.0 Å². The summed E-state index contributed by atoms with van der Waals surface area (Å²) in [6.07, 6.45) is 2.44. The number of ketones is 1. The van der Waals surface area contributed by atoms with Crippen molar-refractivity contribution in [2.75, 3.05) is 0 Å². The molecule has 0 radical (unpaired) electrons. The smallest absolute Gasteiger partial charge is 0.138 e. The summed E-state index contributed by atoms with van der Waals surface area (Å²) in [4.78, 5) is 11.9. The van der Waals surface area contributed by atoms with Crippen LogP contribution in [0.2, 0.25) is 0 Å². The van der Waals surface area contributed by atoms with E-state index < -0.39 is 0 Å². The van der Waals surface area contributed by atoms with E-state index in [-0.39, 0.29) is 5.41 Å². The summed E-state index contributed by atoms with van der Waals surface area (Å²) in [7, 11) is 0. The van der Waals surface area contributed by atoms with Gasteiger partial charge in [0.25, 0.3) is 0 Å². The lowest BCUT2D eigenvalue weighted by Crippen LogP contribution is -2.23. The van der Waals surface area contributed by atoms with Crippen LogP contribution < -0.4 is 0 Å². The average Bonchev–Trinajstić information content (AvgIpc) is 2.27. The molecule has 0 unspecified atom stereocenters. The molecule has 0 heterocycles. The number of aryl methyl sites for hydroxylation is 1. The van der Waals surface area contributed by atoms with Crippen LogP contribution >= 0.6 is 0 Å². The lowest BCUT2D eigenvalue weighted by atomic mass is 9.83. The zero-order valence-corrected chi connectivity index (χ0v) is 9.92. The topological polar surface area (TPSA) is 17.1 Å². The maximum absolute atomic E-state index is 11.9.